The Kier molecular flexibility index (Phi) is 6.81. The van der Waals surface area contributed by atoms with E-state index < -0.39 is 0 Å². The zero-order valence-corrected chi connectivity index (χ0v) is 14.8. The molecule has 2 aromatic carbocycles. The smallest absolute Gasteiger partial charge is 0.338 e. The molecule has 0 aromatic heterocycles. The fraction of sp³-hybridized carbons (Fsp3) is 0.222. The zero-order valence-electron chi connectivity index (χ0n) is 13.3. The number of ether oxygens (including phenoxy) is 2. The van der Waals surface area contributed by atoms with Gasteiger partial charge in [0.05, 0.1) is 12.2 Å². The molecule has 0 aliphatic heterocycles. The number of carbonyl (C=O) groups excluding carboxylic acids is 2. The van der Waals surface area contributed by atoms with Crippen LogP contribution in [0.15, 0.2) is 53.0 Å². The Morgan fingerprint density at radius 3 is 2.33 bits per heavy atom. The lowest BCUT2D eigenvalue weighted by Crippen LogP contribution is -2.20. The van der Waals surface area contributed by atoms with Gasteiger partial charge in [0.2, 0.25) is 0 Å². The molecule has 0 aliphatic rings. The molecule has 6 heteroatoms. The first kappa shape index (κ1) is 18.0. The van der Waals surface area contributed by atoms with Gasteiger partial charge in [-0.3, -0.25) is 4.79 Å². The quantitative estimate of drug-likeness (QED) is 0.723. The molecule has 2 rings (SSSR count). The van der Waals surface area contributed by atoms with E-state index in [1.54, 1.807) is 36.4 Å². The Morgan fingerprint density at radius 1 is 1.04 bits per heavy atom. The van der Waals surface area contributed by atoms with E-state index in [2.05, 4.69) is 21.2 Å². The van der Waals surface area contributed by atoms with Gasteiger partial charge in [0, 0.05) is 10.2 Å². The van der Waals surface area contributed by atoms with Gasteiger partial charge in [-0.1, -0.05) is 22.9 Å². The van der Waals surface area contributed by atoms with Crippen molar-refractivity contribution in [2.45, 2.75) is 13.3 Å². The van der Waals surface area contributed by atoms with Crippen molar-refractivity contribution in [3.05, 3.63) is 58.6 Å². The van der Waals surface area contributed by atoms with Crippen LogP contribution in [0.25, 0.3) is 0 Å². The van der Waals surface area contributed by atoms with Crippen molar-refractivity contribution >= 4 is 33.5 Å². The maximum absolute atomic E-state index is 11.9. The van der Waals surface area contributed by atoms with E-state index in [-0.39, 0.29) is 18.5 Å². The molecule has 0 atom stereocenters. The first-order valence-electron chi connectivity index (χ1n) is 7.54. The molecule has 126 valence electrons. The van der Waals surface area contributed by atoms with Gasteiger partial charge in [-0.05, 0) is 55.0 Å². The Labute approximate surface area is 149 Å². The largest absolute Gasteiger partial charge is 0.484 e. The number of anilines is 1. The minimum atomic E-state index is -0.367. The number of rotatable bonds is 7. The van der Waals surface area contributed by atoms with Crippen LogP contribution in [-0.2, 0) is 9.53 Å². The summed E-state index contributed by atoms with van der Waals surface area (Å²) in [4.78, 5) is 23.6. The van der Waals surface area contributed by atoms with Gasteiger partial charge in [0.1, 0.15) is 5.75 Å². The summed E-state index contributed by atoms with van der Waals surface area (Å²) >= 11 is 3.33. The highest BCUT2D eigenvalue weighted by Gasteiger charge is 2.08. The number of benzene rings is 2. The molecule has 1 N–H and O–H groups in total. The molecule has 24 heavy (non-hydrogen) atoms. The van der Waals surface area contributed by atoms with Crippen molar-refractivity contribution in [2.75, 3.05) is 18.5 Å². The van der Waals surface area contributed by atoms with E-state index >= 15 is 0 Å². The Hall–Kier alpha value is -2.34. The summed E-state index contributed by atoms with van der Waals surface area (Å²) < 4.78 is 11.4. The predicted molar refractivity (Wildman–Crippen MR) is 95.3 cm³/mol. The van der Waals surface area contributed by atoms with Crippen molar-refractivity contribution in [3.8, 4) is 5.75 Å². The number of hydrogen-bond acceptors (Lipinski definition) is 4. The summed E-state index contributed by atoms with van der Waals surface area (Å²) in [7, 11) is 0. The Bertz CT molecular complexity index is 683. The normalized spacial score (nSPS) is 10.1. The van der Waals surface area contributed by atoms with Gasteiger partial charge in [0.15, 0.2) is 6.61 Å². The van der Waals surface area contributed by atoms with Crippen LogP contribution in [0, 0.1) is 0 Å². The van der Waals surface area contributed by atoms with Gasteiger partial charge < -0.3 is 14.8 Å². The minimum Gasteiger partial charge on any atom is -0.484 e. The van der Waals surface area contributed by atoms with E-state index in [4.69, 9.17) is 9.47 Å². The summed E-state index contributed by atoms with van der Waals surface area (Å²) in [5.41, 5.74) is 1.04. The number of hydrogen-bond donors (Lipinski definition) is 1. The fourth-order valence-corrected chi connectivity index (χ4v) is 2.11. The second kappa shape index (κ2) is 9.08. The van der Waals surface area contributed by atoms with Crippen molar-refractivity contribution in [1.29, 1.82) is 0 Å². The molecule has 0 saturated carbocycles. The van der Waals surface area contributed by atoms with E-state index in [0.717, 1.165) is 10.9 Å². The van der Waals surface area contributed by atoms with E-state index in [1.807, 2.05) is 19.1 Å². The van der Waals surface area contributed by atoms with Gasteiger partial charge in [0.25, 0.3) is 5.91 Å². The van der Waals surface area contributed by atoms with Crippen molar-refractivity contribution in [1.82, 2.24) is 0 Å². The summed E-state index contributed by atoms with van der Waals surface area (Å²) in [5, 5.41) is 2.71. The second-order valence-electron chi connectivity index (χ2n) is 5.00. The maximum atomic E-state index is 11.9. The van der Waals surface area contributed by atoms with Crippen LogP contribution < -0.4 is 10.1 Å². The standard InChI is InChI=1S/C18H18BrNO4/c1-2-11-23-18(22)13-3-7-15(8-4-13)20-17(21)12-24-16-9-5-14(19)6-10-16/h3-10H,2,11-12H2,1H3,(H,20,21). The number of esters is 1. The van der Waals surface area contributed by atoms with Gasteiger partial charge in [-0.2, -0.15) is 0 Å². The topological polar surface area (TPSA) is 64.6 Å². The lowest BCUT2D eigenvalue weighted by Gasteiger charge is -2.08. The summed E-state index contributed by atoms with van der Waals surface area (Å²) in [6.45, 7) is 2.23. The minimum absolute atomic E-state index is 0.0953. The molecular weight excluding hydrogens is 374 g/mol. The number of carbonyl (C=O) groups is 2. The van der Waals surface area contributed by atoms with E-state index in [1.165, 1.54) is 0 Å². The number of amides is 1. The maximum Gasteiger partial charge on any atom is 0.338 e. The first-order valence-corrected chi connectivity index (χ1v) is 8.33. The van der Waals surface area contributed by atoms with Crippen LogP contribution in [0.5, 0.6) is 5.75 Å². The number of halogens is 1. The average Bonchev–Trinajstić information content (AvgIpc) is 2.60. The van der Waals surface area contributed by atoms with Crippen molar-refractivity contribution in [2.24, 2.45) is 0 Å². The second-order valence-corrected chi connectivity index (χ2v) is 5.92. The molecule has 0 unspecified atom stereocenters. The highest BCUT2D eigenvalue weighted by atomic mass is 79.9. The molecular formula is C18H18BrNO4. The van der Waals surface area contributed by atoms with Crippen LogP contribution in [0.1, 0.15) is 23.7 Å². The van der Waals surface area contributed by atoms with Gasteiger partial charge in [-0.25, -0.2) is 4.79 Å². The third kappa shape index (κ3) is 5.70. The highest BCUT2D eigenvalue weighted by Crippen LogP contribution is 2.16. The zero-order chi connectivity index (χ0) is 17.4. The van der Waals surface area contributed by atoms with Crippen LogP contribution >= 0.6 is 15.9 Å². The molecule has 0 aliphatic carbocycles. The highest BCUT2D eigenvalue weighted by molar-refractivity contribution is 9.10. The summed E-state index contributed by atoms with van der Waals surface area (Å²) in [6, 6.07) is 13.8. The van der Waals surface area contributed by atoms with Gasteiger partial charge >= 0.3 is 5.97 Å². The first-order chi connectivity index (χ1) is 11.6. The Morgan fingerprint density at radius 2 is 1.71 bits per heavy atom. The summed E-state index contributed by atoms with van der Waals surface area (Å²) in [5.74, 6) is -0.0325. The number of nitrogens with one attached hydrogen (secondary N) is 1. The molecule has 1 amide bonds. The fourth-order valence-electron chi connectivity index (χ4n) is 1.84. The third-order valence-electron chi connectivity index (χ3n) is 3.03. The molecule has 0 radical (unpaired) electrons. The summed E-state index contributed by atoms with van der Waals surface area (Å²) in [6.07, 6.45) is 0.776. The molecule has 0 heterocycles. The monoisotopic (exact) mass is 391 g/mol. The lowest BCUT2D eigenvalue weighted by molar-refractivity contribution is -0.118. The third-order valence-corrected chi connectivity index (χ3v) is 3.55. The lowest BCUT2D eigenvalue weighted by atomic mass is 10.2. The Balaban J connectivity index is 1.83. The van der Waals surface area contributed by atoms with Crippen LogP contribution in [0.4, 0.5) is 5.69 Å². The average molecular weight is 392 g/mol. The van der Waals surface area contributed by atoms with Crippen molar-refractivity contribution in [3.63, 3.8) is 0 Å². The van der Waals surface area contributed by atoms with E-state index in [0.29, 0.717) is 23.6 Å². The molecule has 0 fully saturated rings. The van der Waals surface area contributed by atoms with Crippen LogP contribution in [0.2, 0.25) is 0 Å². The SMILES string of the molecule is CCCOC(=O)c1ccc(NC(=O)COc2ccc(Br)cc2)cc1. The van der Waals surface area contributed by atoms with Gasteiger partial charge in [-0.15, -0.1) is 0 Å². The van der Waals surface area contributed by atoms with Crippen molar-refractivity contribution < 1.29 is 19.1 Å². The predicted octanol–water partition coefficient (Wildman–Crippen LogP) is 4.03. The molecule has 2 aromatic rings. The van der Waals surface area contributed by atoms with E-state index in [9.17, 15) is 9.59 Å². The molecule has 0 spiro atoms. The van der Waals surface area contributed by atoms with Crippen LogP contribution in [-0.4, -0.2) is 25.1 Å². The van der Waals surface area contributed by atoms with Crippen LogP contribution in [0.3, 0.4) is 0 Å². The molecule has 0 saturated heterocycles. The molecule has 5 nitrogen and oxygen atoms in total. The molecule has 0 bridgehead atoms.